The molecule has 0 aromatic rings. The van der Waals surface area contributed by atoms with Gasteiger partial charge >= 0.3 is 6.03 Å². The molecule has 4 nitrogen and oxygen atoms in total. The third-order valence-corrected chi connectivity index (χ3v) is 4.52. The van der Waals surface area contributed by atoms with Crippen molar-refractivity contribution in [2.24, 2.45) is 11.8 Å². The first kappa shape index (κ1) is 14.6. The van der Waals surface area contributed by atoms with Crippen LogP contribution in [-0.4, -0.2) is 42.6 Å². The second-order valence-electron chi connectivity index (χ2n) is 6.58. The maximum atomic E-state index is 11.8. The number of amides is 2. The molecule has 2 rings (SSSR count). The van der Waals surface area contributed by atoms with Crippen LogP contribution in [0.15, 0.2) is 0 Å². The highest BCUT2D eigenvalue weighted by atomic mass is 16.2. The Bertz CT molecular complexity index is 302. The SMILES string of the molecule is CC(C)N1CCC[C@@H](CNC(=O)N[C@@H](C)C2CC2)C1. The summed E-state index contributed by atoms with van der Waals surface area (Å²) in [5.74, 6) is 1.33. The smallest absolute Gasteiger partial charge is 0.315 e. The maximum Gasteiger partial charge on any atom is 0.315 e. The van der Waals surface area contributed by atoms with Crippen LogP contribution in [0.5, 0.6) is 0 Å². The molecule has 110 valence electrons. The molecule has 1 saturated heterocycles. The van der Waals surface area contributed by atoms with Crippen molar-refractivity contribution in [3.05, 3.63) is 0 Å². The zero-order valence-electron chi connectivity index (χ0n) is 12.6. The lowest BCUT2D eigenvalue weighted by Crippen LogP contribution is -2.47. The standard InChI is InChI=1S/C15H29N3O/c1-11(2)18-8-4-5-13(10-18)9-16-15(19)17-12(3)14-6-7-14/h11-14H,4-10H2,1-3H3,(H2,16,17,19)/t12-,13-/m0/s1. The van der Waals surface area contributed by atoms with Crippen molar-refractivity contribution in [3.63, 3.8) is 0 Å². The number of piperidine rings is 1. The highest BCUT2D eigenvalue weighted by Crippen LogP contribution is 2.32. The predicted octanol–water partition coefficient (Wildman–Crippen LogP) is 2.20. The van der Waals surface area contributed by atoms with E-state index in [4.69, 9.17) is 0 Å². The third kappa shape index (κ3) is 4.68. The number of nitrogens with zero attached hydrogens (tertiary/aromatic N) is 1. The van der Waals surface area contributed by atoms with Crippen molar-refractivity contribution < 1.29 is 4.79 Å². The van der Waals surface area contributed by atoms with E-state index < -0.39 is 0 Å². The number of carbonyl (C=O) groups is 1. The fourth-order valence-electron chi connectivity index (χ4n) is 2.94. The molecule has 2 aliphatic rings. The average molecular weight is 267 g/mol. The van der Waals surface area contributed by atoms with Crippen molar-refractivity contribution >= 4 is 6.03 Å². The Morgan fingerprint density at radius 2 is 2.00 bits per heavy atom. The monoisotopic (exact) mass is 267 g/mol. The van der Waals surface area contributed by atoms with E-state index in [1.165, 1.54) is 32.2 Å². The molecule has 0 aromatic carbocycles. The van der Waals surface area contributed by atoms with Crippen LogP contribution in [0.2, 0.25) is 0 Å². The molecule has 2 amide bonds. The lowest BCUT2D eigenvalue weighted by molar-refractivity contribution is 0.139. The van der Waals surface area contributed by atoms with Crippen molar-refractivity contribution in [3.8, 4) is 0 Å². The summed E-state index contributed by atoms with van der Waals surface area (Å²) in [4.78, 5) is 14.3. The van der Waals surface area contributed by atoms with Crippen LogP contribution in [0.25, 0.3) is 0 Å². The lowest BCUT2D eigenvalue weighted by atomic mass is 9.97. The fraction of sp³-hybridized carbons (Fsp3) is 0.933. The Morgan fingerprint density at radius 3 is 2.63 bits per heavy atom. The highest BCUT2D eigenvalue weighted by molar-refractivity contribution is 5.74. The van der Waals surface area contributed by atoms with E-state index in [1.807, 2.05) is 0 Å². The van der Waals surface area contributed by atoms with E-state index >= 15 is 0 Å². The quantitative estimate of drug-likeness (QED) is 0.802. The van der Waals surface area contributed by atoms with Gasteiger partial charge in [0.2, 0.25) is 0 Å². The highest BCUT2D eigenvalue weighted by Gasteiger charge is 2.29. The van der Waals surface area contributed by atoms with Gasteiger partial charge in [-0.15, -0.1) is 0 Å². The topological polar surface area (TPSA) is 44.4 Å². The number of hydrogen-bond acceptors (Lipinski definition) is 2. The number of rotatable bonds is 5. The lowest BCUT2D eigenvalue weighted by Gasteiger charge is -2.35. The average Bonchev–Trinajstić information content (AvgIpc) is 3.21. The molecule has 2 atom stereocenters. The van der Waals surface area contributed by atoms with Crippen molar-refractivity contribution in [2.45, 2.75) is 58.5 Å². The van der Waals surface area contributed by atoms with E-state index in [0.717, 1.165) is 19.0 Å². The van der Waals surface area contributed by atoms with Gasteiger partial charge in [0.25, 0.3) is 0 Å². The van der Waals surface area contributed by atoms with Crippen molar-refractivity contribution in [2.75, 3.05) is 19.6 Å². The molecule has 0 unspecified atom stereocenters. The Balaban J connectivity index is 1.65. The van der Waals surface area contributed by atoms with E-state index in [0.29, 0.717) is 18.0 Å². The molecule has 0 radical (unpaired) electrons. The first-order valence-corrected chi connectivity index (χ1v) is 7.84. The minimum absolute atomic E-state index is 0.0149. The zero-order chi connectivity index (χ0) is 13.8. The molecule has 1 heterocycles. The first-order valence-electron chi connectivity index (χ1n) is 7.84. The second-order valence-corrected chi connectivity index (χ2v) is 6.58. The van der Waals surface area contributed by atoms with Gasteiger partial charge in [0, 0.05) is 25.2 Å². The van der Waals surface area contributed by atoms with E-state index in [-0.39, 0.29) is 6.03 Å². The van der Waals surface area contributed by atoms with Crippen LogP contribution in [-0.2, 0) is 0 Å². The van der Waals surface area contributed by atoms with Gasteiger partial charge in [-0.05, 0) is 64.8 Å². The van der Waals surface area contributed by atoms with Crippen LogP contribution >= 0.6 is 0 Å². The van der Waals surface area contributed by atoms with E-state index in [9.17, 15) is 4.79 Å². The minimum atomic E-state index is 0.0149. The van der Waals surface area contributed by atoms with Gasteiger partial charge in [-0.2, -0.15) is 0 Å². The number of hydrogen-bond donors (Lipinski definition) is 2. The summed E-state index contributed by atoms with van der Waals surface area (Å²) >= 11 is 0. The summed E-state index contributed by atoms with van der Waals surface area (Å²) in [7, 11) is 0. The number of nitrogens with one attached hydrogen (secondary N) is 2. The summed E-state index contributed by atoms with van der Waals surface area (Å²) in [5.41, 5.74) is 0. The number of carbonyl (C=O) groups excluding carboxylic acids is 1. The normalized spacial score (nSPS) is 26.2. The van der Waals surface area contributed by atoms with Gasteiger partial charge < -0.3 is 15.5 Å². The van der Waals surface area contributed by atoms with E-state index in [2.05, 4.69) is 36.3 Å². The first-order chi connectivity index (χ1) is 9.06. The van der Waals surface area contributed by atoms with Gasteiger partial charge in [-0.1, -0.05) is 0 Å². The molecule has 1 saturated carbocycles. The van der Waals surface area contributed by atoms with Crippen LogP contribution < -0.4 is 10.6 Å². The van der Waals surface area contributed by atoms with Gasteiger partial charge in [-0.3, -0.25) is 0 Å². The van der Waals surface area contributed by atoms with Gasteiger partial charge in [0.1, 0.15) is 0 Å². The minimum Gasteiger partial charge on any atom is -0.338 e. The number of likely N-dealkylation sites (tertiary alicyclic amines) is 1. The Kier molecular flexibility index (Phi) is 5.08. The Labute approximate surface area is 117 Å². The fourth-order valence-corrected chi connectivity index (χ4v) is 2.94. The maximum absolute atomic E-state index is 11.8. The molecular weight excluding hydrogens is 238 g/mol. The van der Waals surface area contributed by atoms with Crippen LogP contribution in [0.1, 0.15) is 46.5 Å². The molecule has 0 bridgehead atoms. The summed E-state index contributed by atoms with van der Waals surface area (Å²) in [5, 5.41) is 6.10. The summed E-state index contributed by atoms with van der Waals surface area (Å²) in [6.07, 6.45) is 5.03. The Hall–Kier alpha value is -0.770. The zero-order valence-corrected chi connectivity index (χ0v) is 12.6. The summed E-state index contributed by atoms with van der Waals surface area (Å²) in [6, 6.07) is 0.964. The molecule has 1 aliphatic heterocycles. The van der Waals surface area contributed by atoms with Crippen LogP contribution in [0.4, 0.5) is 4.79 Å². The van der Waals surface area contributed by atoms with Gasteiger partial charge in [0.15, 0.2) is 0 Å². The molecule has 4 heteroatoms. The predicted molar refractivity (Wildman–Crippen MR) is 78.2 cm³/mol. The molecule has 1 aliphatic carbocycles. The Morgan fingerprint density at radius 1 is 1.26 bits per heavy atom. The van der Waals surface area contributed by atoms with Crippen LogP contribution in [0.3, 0.4) is 0 Å². The second kappa shape index (κ2) is 6.60. The third-order valence-electron chi connectivity index (χ3n) is 4.52. The number of urea groups is 1. The van der Waals surface area contributed by atoms with Crippen molar-refractivity contribution in [1.82, 2.24) is 15.5 Å². The summed E-state index contributed by atoms with van der Waals surface area (Å²) in [6.45, 7) is 9.75. The molecule has 19 heavy (non-hydrogen) atoms. The van der Waals surface area contributed by atoms with Gasteiger partial charge in [0.05, 0.1) is 0 Å². The van der Waals surface area contributed by atoms with E-state index in [1.54, 1.807) is 0 Å². The molecule has 2 fully saturated rings. The molecule has 2 N–H and O–H groups in total. The largest absolute Gasteiger partial charge is 0.338 e. The molecule has 0 aromatic heterocycles. The van der Waals surface area contributed by atoms with Gasteiger partial charge in [-0.25, -0.2) is 4.79 Å². The molecule has 0 spiro atoms. The molecular formula is C15H29N3O. The van der Waals surface area contributed by atoms with Crippen LogP contribution in [0, 0.1) is 11.8 Å². The summed E-state index contributed by atoms with van der Waals surface area (Å²) < 4.78 is 0. The van der Waals surface area contributed by atoms with Crippen molar-refractivity contribution in [1.29, 1.82) is 0 Å².